The average Bonchev–Trinajstić information content (AvgIpc) is 3.35. The summed E-state index contributed by atoms with van der Waals surface area (Å²) in [6, 6.07) is 6.04. The van der Waals surface area contributed by atoms with E-state index in [1.54, 1.807) is 24.3 Å². The number of sulfone groups is 1. The maximum absolute atomic E-state index is 13.7. The summed E-state index contributed by atoms with van der Waals surface area (Å²) in [5.41, 5.74) is 0.773. The van der Waals surface area contributed by atoms with Gasteiger partial charge in [0, 0.05) is 19.3 Å². The van der Waals surface area contributed by atoms with Crippen LogP contribution in [0.4, 0.5) is 0 Å². The number of hydrogen-bond donors (Lipinski definition) is 4. The second-order valence-corrected chi connectivity index (χ2v) is 15.9. The highest BCUT2D eigenvalue weighted by atomic mass is 32.2. The Morgan fingerprint density at radius 3 is 2.18 bits per heavy atom. The molecule has 0 bridgehead atoms. The largest absolute Gasteiger partial charge is 0.390 e. The SMILES string of the molecule is CC(C)CN(CC(O)[C@H](Cc1ccccc1)NC(=O)C(NC(=O)[C@H]1CCCN1)C(C)(C)S(C)(=O)=O)S(C)(=O)=O. The number of carbonyl (C=O) groups is 2. The van der Waals surface area contributed by atoms with Crippen LogP contribution in [-0.2, 0) is 35.9 Å². The number of hydrogen-bond acceptors (Lipinski definition) is 8. The number of benzene rings is 1. The second-order valence-electron chi connectivity index (χ2n) is 11.3. The van der Waals surface area contributed by atoms with E-state index in [2.05, 4.69) is 16.0 Å². The Labute approximate surface area is 233 Å². The van der Waals surface area contributed by atoms with Crippen LogP contribution in [-0.4, -0.2) is 99.2 Å². The normalized spacial score (nSPS) is 19.1. The van der Waals surface area contributed by atoms with Gasteiger partial charge in [0.2, 0.25) is 21.8 Å². The minimum Gasteiger partial charge on any atom is -0.390 e. The number of nitrogens with one attached hydrogen (secondary N) is 3. The van der Waals surface area contributed by atoms with Gasteiger partial charge in [-0.1, -0.05) is 44.2 Å². The summed E-state index contributed by atoms with van der Waals surface area (Å²) < 4.78 is 49.7. The Hall–Kier alpha value is -2.06. The first-order chi connectivity index (χ1) is 17.9. The van der Waals surface area contributed by atoms with Gasteiger partial charge in [0.25, 0.3) is 0 Å². The Balaban J connectivity index is 2.40. The molecule has 0 radical (unpaired) electrons. The smallest absolute Gasteiger partial charge is 0.244 e. The molecule has 39 heavy (non-hydrogen) atoms. The van der Waals surface area contributed by atoms with Gasteiger partial charge in [0.05, 0.1) is 29.2 Å². The zero-order valence-corrected chi connectivity index (χ0v) is 25.3. The lowest BCUT2D eigenvalue weighted by Crippen LogP contribution is -2.64. The van der Waals surface area contributed by atoms with E-state index in [-0.39, 0.29) is 25.4 Å². The molecule has 4 atom stereocenters. The maximum Gasteiger partial charge on any atom is 0.244 e. The molecule has 0 aromatic heterocycles. The lowest BCUT2D eigenvalue weighted by atomic mass is 9.97. The number of nitrogens with zero attached hydrogens (tertiary/aromatic N) is 1. The van der Waals surface area contributed by atoms with Gasteiger partial charge >= 0.3 is 0 Å². The summed E-state index contributed by atoms with van der Waals surface area (Å²) in [5.74, 6) is -1.27. The van der Waals surface area contributed by atoms with Crippen molar-refractivity contribution in [3.05, 3.63) is 35.9 Å². The van der Waals surface area contributed by atoms with Gasteiger partial charge in [0.15, 0.2) is 9.84 Å². The third-order valence-corrected chi connectivity index (χ3v) is 10.5. The van der Waals surface area contributed by atoms with Gasteiger partial charge in [-0.15, -0.1) is 0 Å². The van der Waals surface area contributed by atoms with Crippen LogP contribution in [0.25, 0.3) is 0 Å². The van der Waals surface area contributed by atoms with Crippen LogP contribution >= 0.6 is 0 Å². The molecule has 1 aliphatic heterocycles. The van der Waals surface area contributed by atoms with Crippen LogP contribution in [0.15, 0.2) is 30.3 Å². The summed E-state index contributed by atoms with van der Waals surface area (Å²) in [6.45, 7) is 6.99. The first-order valence-corrected chi connectivity index (χ1v) is 16.9. The first-order valence-electron chi connectivity index (χ1n) is 13.1. The van der Waals surface area contributed by atoms with E-state index < -0.39 is 60.7 Å². The van der Waals surface area contributed by atoms with Crippen LogP contribution in [0.3, 0.4) is 0 Å². The predicted octanol–water partition coefficient (Wildman–Crippen LogP) is 0.0524. The molecule has 13 heteroatoms. The van der Waals surface area contributed by atoms with Gasteiger partial charge in [0.1, 0.15) is 6.04 Å². The van der Waals surface area contributed by atoms with Crippen molar-refractivity contribution in [3.63, 3.8) is 0 Å². The standard InChI is InChI=1S/C26H44N4O7S2/c1-18(2)16-30(39(6,36)37)17-22(31)21(15-19-11-8-7-9-12-19)28-25(33)23(26(3,4)38(5,34)35)29-24(32)20-13-10-14-27-20/h7-9,11-12,18,20-23,27,31H,10,13-17H2,1-6H3,(H,28,33)(H,29,32)/t20-,21+,22?,23?/m1/s1. The second kappa shape index (κ2) is 13.5. The maximum atomic E-state index is 13.7. The molecule has 4 N–H and O–H groups in total. The van der Waals surface area contributed by atoms with Crippen molar-refractivity contribution in [3.8, 4) is 0 Å². The van der Waals surface area contributed by atoms with E-state index in [1.165, 1.54) is 13.8 Å². The van der Waals surface area contributed by atoms with Crippen LogP contribution in [0.2, 0.25) is 0 Å². The highest BCUT2D eigenvalue weighted by Gasteiger charge is 2.46. The summed E-state index contributed by atoms with van der Waals surface area (Å²) >= 11 is 0. The molecule has 1 saturated heterocycles. The topological polar surface area (TPSA) is 162 Å². The molecule has 0 spiro atoms. The van der Waals surface area contributed by atoms with Crippen LogP contribution in [0, 0.1) is 5.92 Å². The van der Waals surface area contributed by atoms with E-state index in [9.17, 15) is 31.5 Å². The number of amides is 2. The minimum absolute atomic E-state index is 0.00607. The summed E-state index contributed by atoms with van der Waals surface area (Å²) in [4.78, 5) is 26.6. The number of carbonyl (C=O) groups excluding carboxylic acids is 2. The number of aliphatic hydroxyl groups is 1. The van der Waals surface area contributed by atoms with Crippen LogP contribution in [0.5, 0.6) is 0 Å². The molecule has 1 heterocycles. The third-order valence-electron chi connectivity index (χ3n) is 7.10. The van der Waals surface area contributed by atoms with Crippen molar-refractivity contribution < 1.29 is 31.5 Å². The molecule has 222 valence electrons. The van der Waals surface area contributed by atoms with Gasteiger partial charge < -0.3 is 21.1 Å². The molecule has 0 saturated carbocycles. The lowest BCUT2D eigenvalue weighted by molar-refractivity contribution is -0.131. The van der Waals surface area contributed by atoms with Crippen LogP contribution in [0.1, 0.15) is 46.1 Å². The van der Waals surface area contributed by atoms with Crippen molar-refractivity contribution >= 4 is 31.7 Å². The summed E-state index contributed by atoms with van der Waals surface area (Å²) in [6.07, 6.45) is 2.23. The summed E-state index contributed by atoms with van der Waals surface area (Å²) in [5, 5.41) is 19.6. The molecular weight excluding hydrogens is 544 g/mol. The molecular formula is C26H44N4O7S2. The molecule has 2 unspecified atom stereocenters. The van der Waals surface area contributed by atoms with Gasteiger partial charge in [-0.05, 0) is 51.1 Å². The van der Waals surface area contributed by atoms with E-state index in [1.807, 2.05) is 19.9 Å². The highest BCUT2D eigenvalue weighted by Crippen LogP contribution is 2.22. The highest BCUT2D eigenvalue weighted by molar-refractivity contribution is 7.92. The first kappa shape index (κ1) is 33.1. The van der Waals surface area contributed by atoms with Crippen molar-refractivity contribution in [2.45, 2.75) is 75.9 Å². The Morgan fingerprint density at radius 2 is 1.69 bits per heavy atom. The van der Waals surface area contributed by atoms with Crippen LogP contribution < -0.4 is 16.0 Å². The quantitative estimate of drug-likeness (QED) is 0.237. The molecule has 0 aliphatic carbocycles. The van der Waals surface area contributed by atoms with Crippen molar-refractivity contribution in [1.82, 2.24) is 20.3 Å². The summed E-state index contributed by atoms with van der Waals surface area (Å²) in [7, 11) is -7.49. The van der Waals surface area contributed by atoms with Crippen molar-refractivity contribution in [2.24, 2.45) is 5.92 Å². The van der Waals surface area contributed by atoms with Gasteiger partial charge in [-0.25, -0.2) is 16.8 Å². The fourth-order valence-corrected chi connectivity index (χ4v) is 6.01. The zero-order chi connectivity index (χ0) is 29.6. The Morgan fingerprint density at radius 1 is 1.08 bits per heavy atom. The van der Waals surface area contributed by atoms with E-state index in [0.717, 1.165) is 28.8 Å². The molecule has 1 fully saturated rings. The predicted molar refractivity (Wildman–Crippen MR) is 151 cm³/mol. The molecule has 1 aromatic carbocycles. The van der Waals surface area contributed by atoms with Crippen molar-refractivity contribution in [1.29, 1.82) is 0 Å². The number of aliphatic hydroxyl groups excluding tert-OH is 1. The van der Waals surface area contributed by atoms with E-state index in [0.29, 0.717) is 13.0 Å². The molecule has 1 aromatic rings. The van der Waals surface area contributed by atoms with Gasteiger partial charge in [-0.2, -0.15) is 4.31 Å². The fraction of sp³-hybridized carbons (Fsp3) is 0.692. The van der Waals surface area contributed by atoms with E-state index in [4.69, 9.17) is 0 Å². The number of sulfonamides is 1. The zero-order valence-electron chi connectivity index (χ0n) is 23.7. The van der Waals surface area contributed by atoms with Crippen molar-refractivity contribution in [2.75, 3.05) is 32.1 Å². The monoisotopic (exact) mass is 588 g/mol. The average molecular weight is 589 g/mol. The third kappa shape index (κ3) is 9.52. The minimum atomic E-state index is -3.83. The van der Waals surface area contributed by atoms with E-state index >= 15 is 0 Å². The fourth-order valence-electron chi connectivity index (χ4n) is 4.43. The molecule has 2 rings (SSSR count). The molecule has 11 nitrogen and oxygen atoms in total. The lowest BCUT2D eigenvalue weighted by Gasteiger charge is -2.35. The Kier molecular flexibility index (Phi) is 11.5. The molecule has 2 amide bonds. The number of rotatable bonds is 14. The van der Waals surface area contributed by atoms with Gasteiger partial charge in [-0.3, -0.25) is 9.59 Å². The molecule has 1 aliphatic rings. The Bertz CT molecular complexity index is 1180.